The van der Waals surface area contributed by atoms with Crippen molar-refractivity contribution < 1.29 is 24.9 Å². The first-order chi connectivity index (χ1) is 8.34. The maximum absolute atomic E-state index is 11.7. The number of hydrogen-bond donors (Lipinski definition) is 3. The predicted molar refractivity (Wildman–Crippen MR) is 60.9 cm³/mol. The van der Waals surface area contributed by atoms with Crippen LogP contribution >= 0.6 is 0 Å². The van der Waals surface area contributed by atoms with Crippen molar-refractivity contribution in [3.63, 3.8) is 0 Å². The minimum absolute atomic E-state index is 0.259. The number of benzene rings is 1. The summed E-state index contributed by atoms with van der Waals surface area (Å²) in [6, 6.07) is 6.43. The highest BCUT2D eigenvalue weighted by atomic mass is 16.5. The van der Waals surface area contributed by atoms with Gasteiger partial charge < -0.3 is 15.3 Å². The number of nitrogens with zero attached hydrogens (tertiary/aromatic N) is 2. The van der Waals surface area contributed by atoms with Gasteiger partial charge in [0.15, 0.2) is 0 Å². The van der Waals surface area contributed by atoms with Crippen molar-refractivity contribution in [2.45, 2.75) is 12.7 Å². The zero-order valence-corrected chi connectivity index (χ0v) is 9.36. The summed E-state index contributed by atoms with van der Waals surface area (Å²) in [5.41, 5.74) is 0.175. The standard InChI is InChI=1S/C11H10N2O5/c1-6-2-4-7(5-3-6)13-10(16)11(17,18)8(12-13)9(14)15/h2-5,17-18H,1H3,(H,14,15). The second-order valence-corrected chi connectivity index (χ2v) is 3.88. The number of aliphatic hydroxyl groups is 2. The van der Waals surface area contributed by atoms with Gasteiger partial charge in [0, 0.05) is 0 Å². The maximum atomic E-state index is 11.7. The molecule has 0 saturated carbocycles. The van der Waals surface area contributed by atoms with Gasteiger partial charge in [0.2, 0.25) is 5.71 Å². The number of hydrazone groups is 1. The van der Waals surface area contributed by atoms with E-state index in [0.29, 0.717) is 5.01 Å². The number of carboxylic acid groups (broad SMARTS) is 1. The first-order valence-electron chi connectivity index (χ1n) is 5.02. The molecule has 7 heteroatoms. The molecule has 0 unspecified atom stereocenters. The van der Waals surface area contributed by atoms with Gasteiger partial charge in [-0.2, -0.15) is 10.1 Å². The molecule has 1 aromatic rings. The van der Waals surface area contributed by atoms with Crippen molar-refractivity contribution in [3.05, 3.63) is 29.8 Å². The summed E-state index contributed by atoms with van der Waals surface area (Å²) in [6.07, 6.45) is 0. The number of rotatable bonds is 2. The van der Waals surface area contributed by atoms with Crippen molar-refractivity contribution in [2.75, 3.05) is 5.01 Å². The van der Waals surface area contributed by atoms with Crippen LogP contribution < -0.4 is 5.01 Å². The number of amides is 1. The average Bonchev–Trinajstić information content (AvgIpc) is 2.53. The van der Waals surface area contributed by atoms with Crippen molar-refractivity contribution in [2.24, 2.45) is 5.10 Å². The monoisotopic (exact) mass is 250 g/mol. The Morgan fingerprint density at radius 1 is 1.28 bits per heavy atom. The third-order valence-corrected chi connectivity index (χ3v) is 2.50. The van der Waals surface area contributed by atoms with E-state index in [-0.39, 0.29) is 5.69 Å². The summed E-state index contributed by atoms with van der Waals surface area (Å²) in [6.45, 7) is 1.84. The number of carboxylic acids is 1. The zero-order chi connectivity index (χ0) is 13.5. The van der Waals surface area contributed by atoms with Crippen LogP contribution in [0.1, 0.15) is 5.56 Å². The summed E-state index contributed by atoms with van der Waals surface area (Å²) in [5, 5.41) is 31.7. The van der Waals surface area contributed by atoms with Crippen LogP contribution in [0.2, 0.25) is 0 Å². The van der Waals surface area contributed by atoms with E-state index < -0.39 is 23.4 Å². The molecule has 18 heavy (non-hydrogen) atoms. The van der Waals surface area contributed by atoms with Gasteiger partial charge in [0.1, 0.15) is 0 Å². The van der Waals surface area contributed by atoms with E-state index in [2.05, 4.69) is 5.10 Å². The Bertz CT molecular complexity index is 547. The molecule has 0 saturated heterocycles. The average molecular weight is 250 g/mol. The van der Waals surface area contributed by atoms with Gasteiger partial charge in [0.25, 0.3) is 0 Å². The Labute approximate surface area is 102 Å². The molecule has 0 spiro atoms. The van der Waals surface area contributed by atoms with Crippen LogP contribution in [0, 0.1) is 6.92 Å². The summed E-state index contributed by atoms with van der Waals surface area (Å²) >= 11 is 0. The van der Waals surface area contributed by atoms with Gasteiger partial charge in [-0.3, -0.25) is 4.79 Å². The first-order valence-corrected chi connectivity index (χ1v) is 5.02. The van der Waals surface area contributed by atoms with Gasteiger partial charge in [-0.1, -0.05) is 17.7 Å². The molecule has 2 rings (SSSR count). The van der Waals surface area contributed by atoms with E-state index in [4.69, 9.17) is 5.11 Å². The zero-order valence-electron chi connectivity index (χ0n) is 9.36. The Balaban J connectivity index is 2.45. The Hall–Kier alpha value is -2.25. The molecule has 3 N–H and O–H groups in total. The molecular weight excluding hydrogens is 240 g/mol. The molecule has 0 atom stereocenters. The molecular formula is C11H10N2O5. The van der Waals surface area contributed by atoms with Crippen molar-refractivity contribution in [1.82, 2.24) is 0 Å². The molecule has 1 aliphatic heterocycles. The lowest BCUT2D eigenvalue weighted by Gasteiger charge is -2.15. The fourth-order valence-electron chi connectivity index (χ4n) is 1.52. The van der Waals surface area contributed by atoms with Crippen LogP contribution in [0.25, 0.3) is 0 Å². The molecule has 94 valence electrons. The number of hydrogen-bond acceptors (Lipinski definition) is 5. The fraction of sp³-hybridized carbons (Fsp3) is 0.182. The number of carbonyl (C=O) groups excluding carboxylic acids is 1. The molecule has 1 heterocycles. The predicted octanol–water partition coefficient (Wildman–Crippen LogP) is -0.537. The lowest BCUT2D eigenvalue weighted by atomic mass is 10.1. The normalized spacial score (nSPS) is 17.8. The van der Waals surface area contributed by atoms with Crippen LogP contribution in [-0.2, 0) is 9.59 Å². The van der Waals surface area contributed by atoms with Gasteiger partial charge in [-0.15, -0.1) is 0 Å². The first kappa shape index (κ1) is 12.2. The minimum atomic E-state index is -3.10. The lowest BCUT2D eigenvalue weighted by Crippen LogP contribution is -2.48. The molecule has 0 aromatic heterocycles. The van der Waals surface area contributed by atoms with Gasteiger partial charge in [-0.05, 0) is 19.1 Å². The summed E-state index contributed by atoms with van der Waals surface area (Å²) in [5.74, 6) is -5.98. The lowest BCUT2D eigenvalue weighted by molar-refractivity contribution is -0.158. The molecule has 0 aliphatic carbocycles. The van der Waals surface area contributed by atoms with E-state index in [1.54, 1.807) is 12.1 Å². The smallest absolute Gasteiger partial charge is 0.358 e. The number of aliphatic carboxylic acids is 1. The van der Waals surface area contributed by atoms with Crippen LogP contribution in [0.3, 0.4) is 0 Å². The Morgan fingerprint density at radius 2 is 1.83 bits per heavy atom. The maximum Gasteiger partial charge on any atom is 0.358 e. The molecule has 1 aliphatic rings. The number of anilines is 1. The molecule has 0 bridgehead atoms. The Morgan fingerprint density at radius 3 is 2.28 bits per heavy atom. The highest BCUT2D eigenvalue weighted by Gasteiger charge is 2.52. The fourth-order valence-corrected chi connectivity index (χ4v) is 1.52. The van der Waals surface area contributed by atoms with Crippen LogP contribution in [-0.4, -0.2) is 38.7 Å². The summed E-state index contributed by atoms with van der Waals surface area (Å²) in [7, 11) is 0. The van der Waals surface area contributed by atoms with Crippen LogP contribution in [0.5, 0.6) is 0 Å². The van der Waals surface area contributed by atoms with Crippen molar-refractivity contribution in [3.8, 4) is 0 Å². The van der Waals surface area contributed by atoms with E-state index in [0.717, 1.165) is 5.56 Å². The van der Waals surface area contributed by atoms with Crippen molar-refractivity contribution >= 4 is 23.3 Å². The highest BCUT2D eigenvalue weighted by Crippen LogP contribution is 2.25. The van der Waals surface area contributed by atoms with E-state index in [1.807, 2.05) is 6.92 Å². The number of carbonyl (C=O) groups is 2. The molecule has 7 nitrogen and oxygen atoms in total. The largest absolute Gasteiger partial charge is 0.477 e. The quantitative estimate of drug-likeness (QED) is 0.611. The van der Waals surface area contributed by atoms with E-state index in [9.17, 15) is 19.8 Å². The second-order valence-electron chi connectivity index (χ2n) is 3.88. The van der Waals surface area contributed by atoms with Crippen molar-refractivity contribution in [1.29, 1.82) is 0 Å². The Kier molecular flexibility index (Phi) is 2.64. The summed E-state index contributed by atoms with van der Waals surface area (Å²) < 4.78 is 0. The summed E-state index contributed by atoms with van der Waals surface area (Å²) in [4.78, 5) is 22.4. The minimum Gasteiger partial charge on any atom is -0.477 e. The SMILES string of the molecule is Cc1ccc(N2N=C(C(=O)O)C(O)(O)C2=O)cc1. The number of aryl methyl sites for hydroxylation is 1. The van der Waals surface area contributed by atoms with Gasteiger partial charge in [-0.25, -0.2) is 4.79 Å². The molecule has 0 radical (unpaired) electrons. The second kappa shape index (κ2) is 3.90. The topological polar surface area (TPSA) is 110 Å². The molecule has 1 amide bonds. The molecule has 0 fully saturated rings. The highest BCUT2D eigenvalue weighted by molar-refractivity contribution is 6.46. The third kappa shape index (κ3) is 1.75. The third-order valence-electron chi connectivity index (χ3n) is 2.50. The van der Waals surface area contributed by atoms with Gasteiger partial charge >= 0.3 is 17.7 Å². The van der Waals surface area contributed by atoms with E-state index in [1.165, 1.54) is 12.1 Å². The van der Waals surface area contributed by atoms with Crippen LogP contribution in [0.4, 0.5) is 5.69 Å². The van der Waals surface area contributed by atoms with E-state index >= 15 is 0 Å². The molecule has 1 aromatic carbocycles. The van der Waals surface area contributed by atoms with Gasteiger partial charge in [0.05, 0.1) is 5.69 Å². The van der Waals surface area contributed by atoms with Crippen LogP contribution in [0.15, 0.2) is 29.4 Å².